The number of rotatable bonds is 2. The minimum Gasteiger partial charge on any atom is -0.476 e. The highest BCUT2D eigenvalue weighted by Gasteiger charge is 2.36. The summed E-state index contributed by atoms with van der Waals surface area (Å²) < 4.78 is 0. The van der Waals surface area contributed by atoms with E-state index in [1.54, 1.807) is 0 Å². The summed E-state index contributed by atoms with van der Waals surface area (Å²) in [4.78, 5) is 31.4. The fraction of sp³-hybridized carbons (Fsp3) is 0.615. The van der Waals surface area contributed by atoms with Gasteiger partial charge in [-0.1, -0.05) is 0 Å². The van der Waals surface area contributed by atoms with Crippen molar-refractivity contribution in [2.75, 3.05) is 20.1 Å². The molecule has 2 unspecified atom stereocenters. The average Bonchev–Trinajstić information content (AvgIpc) is 2.95. The van der Waals surface area contributed by atoms with E-state index in [1.807, 2.05) is 4.90 Å². The Bertz CT molecular complexity index is 545. The van der Waals surface area contributed by atoms with E-state index in [1.165, 1.54) is 11.8 Å². The molecule has 1 N–H and O–H groups in total. The molecule has 1 aromatic rings. The maximum atomic E-state index is 12.4. The van der Waals surface area contributed by atoms with Crippen LogP contribution in [0.5, 0.6) is 0 Å². The van der Waals surface area contributed by atoms with E-state index in [0.29, 0.717) is 18.6 Å². The number of carbonyl (C=O) groups excluding carboxylic acids is 1. The van der Waals surface area contributed by atoms with E-state index in [9.17, 15) is 9.59 Å². The van der Waals surface area contributed by atoms with Crippen molar-refractivity contribution < 1.29 is 14.7 Å². The molecular weight excluding hydrogens is 278 g/mol. The Morgan fingerprint density at radius 3 is 2.80 bits per heavy atom. The predicted octanol–water partition coefficient (Wildman–Crippen LogP) is 1.15. The van der Waals surface area contributed by atoms with E-state index in [0.717, 1.165) is 30.7 Å². The van der Waals surface area contributed by atoms with Crippen LogP contribution in [0, 0.1) is 0 Å². The predicted molar refractivity (Wildman–Crippen MR) is 74.2 cm³/mol. The third kappa shape index (κ3) is 2.31. The van der Waals surface area contributed by atoms with Crippen molar-refractivity contribution in [1.29, 1.82) is 0 Å². The zero-order valence-corrected chi connectivity index (χ0v) is 12.1. The zero-order valence-electron chi connectivity index (χ0n) is 11.3. The van der Waals surface area contributed by atoms with Crippen LogP contribution < -0.4 is 0 Å². The van der Waals surface area contributed by atoms with Crippen LogP contribution in [-0.2, 0) is 0 Å². The number of carboxylic acids is 1. The molecule has 1 aromatic heterocycles. The Labute approximate surface area is 121 Å². The lowest BCUT2D eigenvalue weighted by Crippen LogP contribution is -2.39. The molecule has 0 aliphatic carbocycles. The lowest BCUT2D eigenvalue weighted by Gasteiger charge is -2.25. The number of likely N-dealkylation sites (N-methyl/N-ethyl adjacent to an activating group) is 1. The molecule has 2 fully saturated rings. The standard InChI is InChI=1S/C13H17N3O3S/c1-15-8-2-3-9(15)6-16(5-4-8)12(17)11-14-10(7-20-11)13(18)19/h7-9H,2-6H2,1H3,(H,18,19). The molecule has 20 heavy (non-hydrogen) atoms. The molecule has 3 rings (SSSR count). The lowest BCUT2D eigenvalue weighted by atomic mass is 10.1. The molecule has 2 saturated heterocycles. The Morgan fingerprint density at radius 2 is 2.10 bits per heavy atom. The monoisotopic (exact) mass is 295 g/mol. The summed E-state index contributed by atoms with van der Waals surface area (Å²) in [7, 11) is 2.13. The van der Waals surface area contributed by atoms with Crippen molar-refractivity contribution in [2.24, 2.45) is 0 Å². The number of amides is 1. The van der Waals surface area contributed by atoms with Crippen molar-refractivity contribution >= 4 is 23.2 Å². The van der Waals surface area contributed by atoms with Gasteiger partial charge in [0.15, 0.2) is 10.7 Å². The Kier molecular flexibility index (Phi) is 3.47. The number of thiazole rings is 1. The molecule has 6 nitrogen and oxygen atoms in total. The third-order valence-electron chi connectivity index (χ3n) is 4.34. The minimum atomic E-state index is -1.09. The summed E-state index contributed by atoms with van der Waals surface area (Å²) in [6, 6.07) is 0.994. The maximum Gasteiger partial charge on any atom is 0.355 e. The number of nitrogens with zero attached hydrogens (tertiary/aromatic N) is 3. The van der Waals surface area contributed by atoms with Crippen LogP contribution in [-0.4, -0.2) is 64.0 Å². The Morgan fingerprint density at radius 1 is 1.35 bits per heavy atom. The quantitative estimate of drug-likeness (QED) is 0.886. The second-order valence-corrected chi connectivity index (χ2v) is 6.29. The normalized spacial score (nSPS) is 26.6. The molecule has 2 aliphatic heterocycles. The molecule has 2 aliphatic rings. The number of fused-ring (bicyclic) bond motifs is 2. The number of likely N-dealkylation sites (tertiary alicyclic amines) is 1. The van der Waals surface area contributed by atoms with Gasteiger partial charge < -0.3 is 10.0 Å². The number of aromatic nitrogens is 1. The van der Waals surface area contributed by atoms with E-state index in [4.69, 9.17) is 5.11 Å². The molecule has 7 heteroatoms. The second-order valence-electron chi connectivity index (χ2n) is 5.43. The first kappa shape index (κ1) is 13.5. The molecule has 1 amide bonds. The van der Waals surface area contributed by atoms with Gasteiger partial charge in [0, 0.05) is 30.6 Å². The molecular formula is C13H17N3O3S. The second kappa shape index (κ2) is 5.14. The summed E-state index contributed by atoms with van der Waals surface area (Å²) in [6.45, 7) is 1.44. The number of hydrogen-bond acceptors (Lipinski definition) is 5. The summed E-state index contributed by atoms with van der Waals surface area (Å²) in [5, 5.41) is 10.6. The van der Waals surface area contributed by atoms with Gasteiger partial charge in [-0.3, -0.25) is 9.69 Å². The van der Waals surface area contributed by atoms with Crippen LogP contribution in [0.1, 0.15) is 39.6 Å². The lowest BCUT2D eigenvalue weighted by molar-refractivity contribution is 0.0691. The van der Waals surface area contributed by atoms with Crippen molar-refractivity contribution in [3.05, 3.63) is 16.1 Å². The highest BCUT2D eigenvalue weighted by molar-refractivity contribution is 7.11. The van der Waals surface area contributed by atoms with Crippen LogP contribution in [0.4, 0.5) is 0 Å². The van der Waals surface area contributed by atoms with Crippen LogP contribution in [0.3, 0.4) is 0 Å². The molecule has 3 heterocycles. The maximum absolute atomic E-state index is 12.4. The van der Waals surface area contributed by atoms with Gasteiger partial charge in [0.25, 0.3) is 5.91 Å². The molecule has 0 spiro atoms. The van der Waals surface area contributed by atoms with Crippen molar-refractivity contribution in [3.8, 4) is 0 Å². The van der Waals surface area contributed by atoms with Crippen LogP contribution in [0.15, 0.2) is 5.38 Å². The third-order valence-corrected chi connectivity index (χ3v) is 5.17. The van der Waals surface area contributed by atoms with Crippen LogP contribution in [0.2, 0.25) is 0 Å². The summed E-state index contributed by atoms with van der Waals surface area (Å²) in [5.41, 5.74) is -0.0492. The van der Waals surface area contributed by atoms with Crippen molar-refractivity contribution in [3.63, 3.8) is 0 Å². The molecule has 2 atom stereocenters. The van der Waals surface area contributed by atoms with E-state index in [-0.39, 0.29) is 16.6 Å². The zero-order chi connectivity index (χ0) is 14.3. The SMILES string of the molecule is CN1C2CCC1CN(C(=O)c1nc(C(=O)O)cs1)CC2. The Balaban J connectivity index is 1.75. The van der Waals surface area contributed by atoms with Crippen LogP contribution in [0.25, 0.3) is 0 Å². The van der Waals surface area contributed by atoms with Gasteiger partial charge in [-0.15, -0.1) is 11.3 Å². The van der Waals surface area contributed by atoms with Gasteiger partial charge in [-0.05, 0) is 26.3 Å². The highest BCUT2D eigenvalue weighted by Crippen LogP contribution is 2.29. The van der Waals surface area contributed by atoms with Gasteiger partial charge in [-0.25, -0.2) is 9.78 Å². The van der Waals surface area contributed by atoms with Crippen LogP contribution >= 0.6 is 11.3 Å². The number of carbonyl (C=O) groups is 2. The largest absolute Gasteiger partial charge is 0.476 e. The topological polar surface area (TPSA) is 73.7 Å². The first-order chi connectivity index (χ1) is 9.56. The molecule has 0 radical (unpaired) electrons. The number of aromatic carboxylic acids is 1. The van der Waals surface area contributed by atoms with Gasteiger partial charge in [0.05, 0.1) is 0 Å². The summed E-state index contributed by atoms with van der Waals surface area (Å²) >= 11 is 1.11. The van der Waals surface area contributed by atoms with Gasteiger partial charge >= 0.3 is 5.97 Å². The fourth-order valence-corrected chi connectivity index (χ4v) is 3.86. The van der Waals surface area contributed by atoms with Gasteiger partial charge in [0.2, 0.25) is 0 Å². The summed E-state index contributed by atoms with van der Waals surface area (Å²) in [5.74, 6) is -1.22. The smallest absolute Gasteiger partial charge is 0.355 e. The first-order valence-electron chi connectivity index (χ1n) is 6.76. The average molecular weight is 295 g/mol. The number of carboxylic acid groups (broad SMARTS) is 1. The van der Waals surface area contributed by atoms with Crippen molar-refractivity contribution in [1.82, 2.24) is 14.8 Å². The number of hydrogen-bond donors (Lipinski definition) is 1. The Hall–Kier alpha value is -1.47. The highest BCUT2D eigenvalue weighted by atomic mass is 32.1. The molecule has 0 aromatic carbocycles. The molecule has 2 bridgehead atoms. The minimum absolute atomic E-state index is 0.0492. The fourth-order valence-electron chi connectivity index (χ4n) is 3.10. The van der Waals surface area contributed by atoms with E-state index in [2.05, 4.69) is 16.9 Å². The molecule has 0 saturated carbocycles. The van der Waals surface area contributed by atoms with E-state index < -0.39 is 5.97 Å². The molecule has 108 valence electrons. The van der Waals surface area contributed by atoms with Crippen molar-refractivity contribution in [2.45, 2.75) is 31.3 Å². The summed E-state index contributed by atoms with van der Waals surface area (Å²) in [6.07, 6.45) is 3.32. The first-order valence-corrected chi connectivity index (χ1v) is 7.64. The van der Waals surface area contributed by atoms with E-state index >= 15 is 0 Å². The van der Waals surface area contributed by atoms with Gasteiger partial charge in [-0.2, -0.15) is 0 Å². The van der Waals surface area contributed by atoms with Gasteiger partial charge in [0.1, 0.15) is 0 Å².